The van der Waals surface area contributed by atoms with Crippen molar-refractivity contribution in [2.45, 2.75) is 60.4 Å². The molecule has 3 nitrogen and oxygen atoms in total. The van der Waals surface area contributed by atoms with Crippen molar-refractivity contribution in [3.8, 4) is 0 Å². The van der Waals surface area contributed by atoms with E-state index in [1.165, 1.54) is 0 Å². The van der Waals surface area contributed by atoms with E-state index in [9.17, 15) is 0 Å². The maximum Gasteiger partial charge on any atom is 0.133 e. The second-order valence-electron chi connectivity index (χ2n) is 6.76. The first kappa shape index (κ1) is 13.2. The summed E-state index contributed by atoms with van der Waals surface area (Å²) < 4.78 is 2.18. The fraction of sp³-hybridized carbons (Fsp3) is 0.846. The summed E-state index contributed by atoms with van der Waals surface area (Å²) in [5.41, 5.74) is 0.380. The zero-order valence-corrected chi connectivity index (χ0v) is 11.7. The molecule has 3 heteroatoms. The second kappa shape index (κ2) is 4.19. The third-order valence-corrected chi connectivity index (χ3v) is 3.31. The lowest BCUT2D eigenvalue weighted by molar-refractivity contribution is 0.249. The molecule has 0 aliphatic rings. The molecule has 16 heavy (non-hydrogen) atoms. The van der Waals surface area contributed by atoms with E-state index < -0.39 is 0 Å². The van der Waals surface area contributed by atoms with Crippen LogP contribution in [0.1, 0.15) is 54.3 Å². The smallest absolute Gasteiger partial charge is 0.133 e. The summed E-state index contributed by atoms with van der Waals surface area (Å²) in [5.74, 6) is 1.69. The molecule has 1 rings (SSSR count). The standard InChI is InChI=1S/C13H25N3/c1-10(12(2,3)4)8-11-15-14-9-16(11)13(5,6)7/h9-10H,8H2,1-7H3. The van der Waals surface area contributed by atoms with E-state index in [0.717, 1.165) is 12.2 Å². The Labute approximate surface area is 99.3 Å². The van der Waals surface area contributed by atoms with Crippen LogP contribution in [0.2, 0.25) is 0 Å². The Balaban J connectivity index is 2.87. The van der Waals surface area contributed by atoms with E-state index in [2.05, 4.69) is 63.2 Å². The lowest BCUT2D eigenvalue weighted by Gasteiger charge is -2.29. The molecule has 0 fully saturated rings. The summed E-state index contributed by atoms with van der Waals surface area (Å²) in [4.78, 5) is 0. The Morgan fingerprint density at radius 2 is 1.75 bits per heavy atom. The minimum absolute atomic E-state index is 0.0659. The van der Waals surface area contributed by atoms with Gasteiger partial charge in [0.05, 0.1) is 0 Å². The fourth-order valence-electron chi connectivity index (χ4n) is 1.54. The number of nitrogens with zero attached hydrogens (tertiary/aromatic N) is 3. The quantitative estimate of drug-likeness (QED) is 0.770. The van der Waals surface area contributed by atoms with Gasteiger partial charge in [0.15, 0.2) is 0 Å². The molecule has 0 saturated carbocycles. The lowest BCUT2D eigenvalue weighted by atomic mass is 9.80. The molecule has 0 bridgehead atoms. The van der Waals surface area contributed by atoms with Crippen molar-refractivity contribution in [1.29, 1.82) is 0 Å². The molecule has 1 aromatic heterocycles. The molecule has 1 atom stereocenters. The van der Waals surface area contributed by atoms with E-state index in [4.69, 9.17) is 0 Å². The van der Waals surface area contributed by atoms with Gasteiger partial charge in [0.1, 0.15) is 12.2 Å². The van der Waals surface area contributed by atoms with Gasteiger partial charge in [-0.3, -0.25) is 0 Å². The van der Waals surface area contributed by atoms with Crippen molar-refractivity contribution < 1.29 is 0 Å². The van der Waals surface area contributed by atoms with Crippen molar-refractivity contribution in [3.05, 3.63) is 12.2 Å². The molecular weight excluding hydrogens is 198 g/mol. The minimum atomic E-state index is 0.0659. The van der Waals surface area contributed by atoms with Crippen LogP contribution in [0.4, 0.5) is 0 Å². The predicted octanol–water partition coefficient (Wildman–Crippen LogP) is 3.26. The third-order valence-electron chi connectivity index (χ3n) is 3.31. The average Bonchev–Trinajstić information content (AvgIpc) is 2.49. The van der Waals surface area contributed by atoms with Gasteiger partial charge in [-0.15, -0.1) is 10.2 Å². The van der Waals surface area contributed by atoms with E-state index in [0.29, 0.717) is 11.3 Å². The molecule has 0 radical (unpaired) electrons. The number of hydrogen-bond donors (Lipinski definition) is 0. The Morgan fingerprint density at radius 1 is 1.19 bits per heavy atom. The summed E-state index contributed by atoms with van der Waals surface area (Å²) in [6, 6.07) is 0. The van der Waals surface area contributed by atoms with Crippen molar-refractivity contribution in [3.63, 3.8) is 0 Å². The zero-order valence-electron chi connectivity index (χ0n) is 11.7. The van der Waals surface area contributed by atoms with Gasteiger partial charge in [-0.25, -0.2) is 0 Å². The van der Waals surface area contributed by atoms with Crippen LogP contribution in [0, 0.1) is 11.3 Å². The molecule has 1 unspecified atom stereocenters. The largest absolute Gasteiger partial charge is 0.312 e. The van der Waals surface area contributed by atoms with Gasteiger partial charge in [-0.05, 0) is 32.1 Å². The summed E-state index contributed by atoms with van der Waals surface area (Å²) in [6.45, 7) is 15.6. The molecule has 92 valence electrons. The molecule has 0 N–H and O–H groups in total. The third kappa shape index (κ3) is 3.06. The molecule has 0 amide bonds. The SMILES string of the molecule is CC(Cc1nncn1C(C)(C)C)C(C)(C)C. The fourth-order valence-corrected chi connectivity index (χ4v) is 1.54. The molecule has 0 aliphatic heterocycles. The van der Waals surface area contributed by atoms with Gasteiger partial charge in [-0.2, -0.15) is 0 Å². The highest BCUT2D eigenvalue weighted by Crippen LogP contribution is 2.28. The van der Waals surface area contributed by atoms with Crippen LogP contribution in [-0.4, -0.2) is 14.8 Å². The van der Waals surface area contributed by atoms with Crippen molar-refractivity contribution in [2.24, 2.45) is 11.3 Å². The van der Waals surface area contributed by atoms with Crippen molar-refractivity contribution in [1.82, 2.24) is 14.8 Å². The molecule has 0 spiro atoms. The Kier molecular flexibility index (Phi) is 3.46. The first-order valence-electron chi connectivity index (χ1n) is 6.02. The Hall–Kier alpha value is -0.860. The molecule has 0 aromatic carbocycles. The first-order chi connectivity index (χ1) is 7.12. The molecule has 0 saturated heterocycles. The van der Waals surface area contributed by atoms with Crippen molar-refractivity contribution in [2.75, 3.05) is 0 Å². The Morgan fingerprint density at radius 3 is 2.19 bits per heavy atom. The summed E-state index contributed by atoms with van der Waals surface area (Å²) in [6.07, 6.45) is 2.82. The van der Waals surface area contributed by atoms with Crippen LogP contribution in [-0.2, 0) is 12.0 Å². The van der Waals surface area contributed by atoms with Crippen molar-refractivity contribution >= 4 is 0 Å². The second-order valence-corrected chi connectivity index (χ2v) is 6.76. The predicted molar refractivity (Wildman–Crippen MR) is 67.3 cm³/mol. The van der Waals surface area contributed by atoms with E-state index in [1.807, 2.05) is 6.33 Å². The highest BCUT2D eigenvalue weighted by Gasteiger charge is 2.24. The maximum absolute atomic E-state index is 4.25. The van der Waals surface area contributed by atoms with Gasteiger partial charge in [-0.1, -0.05) is 27.7 Å². The highest BCUT2D eigenvalue weighted by atomic mass is 15.3. The summed E-state index contributed by atoms with van der Waals surface area (Å²) in [7, 11) is 0. The Bertz CT molecular complexity index is 339. The van der Waals surface area contributed by atoms with Gasteiger partial charge >= 0.3 is 0 Å². The zero-order chi connectivity index (χ0) is 12.6. The molecule has 1 heterocycles. The van der Waals surface area contributed by atoms with Crippen LogP contribution in [0.15, 0.2) is 6.33 Å². The van der Waals surface area contributed by atoms with E-state index >= 15 is 0 Å². The van der Waals surface area contributed by atoms with Gasteiger partial charge in [0, 0.05) is 12.0 Å². The lowest BCUT2D eigenvalue weighted by Crippen LogP contribution is -2.27. The summed E-state index contributed by atoms with van der Waals surface area (Å²) in [5, 5.41) is 8.29. The number of hydrogen-bond acceptors (Lipinski definition) is 2. The maximum atomic E-state index is 4.25. The highest BCUT2D eigenvalue weighted by molar-refractivity contribution is 4.94. The van der Waals surface area contributed by atoms with Crippen LogP contribution >= 0.6 is 0 Å². The minimum Gasteiger partial charge on any atom is -0.312 e. The van der Waals surface area contributed by atoms with Gasteiger partial charge < -0.3 is 4.57 Å². The monoisotopic (exact) mass is 223 g/mol. The normalized spacial score (nSPS) is 15.2. The number of rotatable bonds is 2. The summed E-state index contributed by atoms with van der Waals surface area (Å²) >= 11 is 0. The van der Waals surface area contributed by atoms with Gasteiger partial charge in [0.25, 0.3) is 0 Å². The van der Waals surface area contributed by atoms with E-state index in [1.54, 1.807) is 0 Å². The number of aromatic nitrogens is 3. The van der Waals surface area contributed by atoms with Gasteiger partial charge in [0.2, 0.25) is 0 Å². The molecule has 0 aliphatic carbocycles. The van der Waals surface area contributed by atoms with E-state index in [-0.39, 0.29) is 5.54 Å². The molecule has 1 aromatic rings. The van der Waals surface area contributed by atoms with Crippen LogP contribution < -0.4 is 0 Å². The van der Waals surface area contributed by atoms with Crippen LogP contribution in [0.25, 0.3) is 0 Å². The average molecular weight is 223 g/mol. The topological polar surface area (TPSA) is 30.7 Å². The molecular formula is C13H25N3. The van der Waals surface area contributed by atoms with Crippen LogP contribution in [0.3, 0.4) is 0 Å². The first-order valence-corrected chi connectivity index (χ1v) is 6.02. The van der Waals surface area contributed by atoms with Crippen LogP contribution in [0.5, 0.6) is 0 Å².